The zero-order valence-electron chi connectivity index (χ0n) is 67.8. The molecule has 10 amide bonds. The van der Waals surface area contributed by atoms with Crippen molar-refractivity contribution in [3.05, 3.63) is 158 Å². The van der Waals surface area contributed by atoms with E-state index in [1.807, 2.05) is 19.2 Å². The number of aliphatic hydroxyl groups excluding tert-OH is 6. The van der Waals surface area contributed by atoms with Crippen molar-refractivity contribution in [3.63, 3.8) is 0 Å². The molecule has 18 rings (SSSR count). The third kappa shape index (κ3) is 17.9. The fourth-order valence-electron chi connectivity index (χ4n) is 18.7. The zero-order valence-corrected chi connectivity index (χ0v) is 70.1. The monoisotopic (exact) mass is 1770 g/mol. The SMILES string of the molecule is CN[C@H](CC(C)C)C(=O)N[C@H]1C(=O)N[C@@H](CC(=O)NC(=O)N[S+]([O-])c2ccc(C)cc2)C(=O)N[C@H]2C(=O)N[C@H]3C(=O)N[C@H](C(=O)N[C@H](C(=O)NC4C5CC6CC(C5)CC4C6)c4cc(O)cc5c4-c4cc3ccc4C5(O)O)[C@H](O)c3ccc(c(Cl)c3)Oc3cc2cc(c3O[C@@H]2O[C@H](CO)[C@@H](O)[C@H](O)[C@H]2O[C@H]2C[C@](C)(N)[C@H](O)[C@H](C)O2)Oc2ccc(cc2Cl)[C@H]1O. The Labute approximate surface area is 723 Å². The van der Waals surface area contributed by atoms with Crippen molar-refractivity contribution in [1.29, 1.82) is 0 Å². The molecule has 1 unspecified atom stereocenters. The second kappa shape index (κ2) is 35.5. The molecular weight excluding hydrogens is 1680 g/mol. The van der Waals surface area contributed by atoms with Crippen LogP contribution in [0.5, 0.6) is 34.5 Å². The Morgan fingerprint density at radius 2 is 1.31 bits per heavy atom. The topological polar surface area (TPSA) is 560 Å². The van der Waals surface area contributed by atoms with E-state index in [1.165, 1.54) is 75.5 Å². The lowest BCUT2D eigenvalue weighted by molar-refractivity contribution is -0.333. The molecule has 2 saturated heterocycles. The number of rotatable bonds is 16. The number of hydrogen-bond acceptors (Lipinski definition) is 27. The molecule has 39 heteroatoms. The van der Waals surface area contributed by atoms with Crippen LogP contribution in [0.15, 0.2) is 108 Å². The lowest BCUT2D eigenvalue weighted by atomic mass is 9.54. The van der Waals surface area contributed by atoms with Crippen LogP contribution in [0.3, 0.4) is 0 Å². The molecule has 0 spiro atoms. The molecule has 6 fully saturated rings. The normalized spacial score (nSPS) is 31.4. The van der Waals surface area contributed by atoms with Gasteiger partial charge in [-0.1, -0.05) is 79.0 Å². The fraction of sp³-hybridized carbons (Fsp3) is 0.471. The number of aliphatic hydroxyl groups is 8. The number of hydrogen-bond donors (Lipinski definition) is 20. The van der Waals surface area contributed by atoms with Gasteiger partial charge in [0.15, 0.2) is 28.8 Å². The quantitative estimate of drug-likeness (QED) is 0.0489. The molecule has 0 radical (unpaired) electrons. The lowest BCUT2D eigenvalue weighted by Gasteiger charge is -2.54. The number of carbonyl (C=O) groups is 9. The molecule has 21 N–H and O–H groups in total. The summed E-state index contributed by atoms with van der Waals surface area (Å²) in [6.45, 7) is 7.39. The van der Waals surface area contributed by atoms with E-state index in [1.54, 1.807) is 19.1 Å². The maximum Gasteiger partial charge on any atom is 0.363 e. The second-order valence-electron chi connectivity index (χ2n) is 34.2. The van der Waals surface area contributed by atoms with Crippen molar-refractivity contribution < 1.29 is 122 Å². The van der Waals surface area contributed by atoms with E-state index >= 15 is 28.8 Å². The van der Waals surface area contributed by atoms with Gasteiger partial charge in [-0.15, -0.1) is 4.72 Å². The molecule has 6 aromatic rings. The van der Waals surface area contributed by atoms with Crippen molar-refractivity contribution in [3.8, 4) is 45.6 Å². The smallest absolute Gasteiger partial charge is 0.363 e. The predicted molar refractivity (Wildman–Crippen MR) is 438 cm³/mol. The van der Waals surface area contributed by atoms with Gasteiger partial charge in [0.05, 0.1) is 41.3 Å². The number of fused-ring (bicyclic) bond motifs is 12. The minimum absolute atomic E-state index is 0.0598. The van der Waals surface area contributed by atoms with Crippen LogP contribution in [0.1, 0.15) is 154 Å². The molecule has 662 valence electrons. The minimum atomic E-state index is -3.01. The van der Waals surface area contributed by atoms with E-state index in [9.17, 15) is 64.9 Å². The molecule has 7 aliphatic heterocycles. The summed E-state index contributed by atoms with van der Waals surface area (Å²) >= 11 is 12.2. The van der Waals surface area contributed by atoms with Gasteiger partial charge < -0.3 is 127 Å². The van der Waals surface area contributed by atoms with Crippen LogP contribution >= 0.6 is 23.2 Å². The number of aryl methyl sites for hydroxylation is 1. The molecule has 124 heavy (non-hydrogen) atoms. The van der Waals surface area contributed by atoms with E-state index in [0.29, 0.717) is 11.8 Å². The maximum atomic E-state index is 16.7. The number of nitrogens with one attached hydrogen (secondary N) is 10. The summed E-state index contributed by atoms with van der Waals surface area (Å²) in [5.41, 5.74) is 3.59. The summed E-state index contributed by atoms with van der Waals surface area (Å²) in [5.74, 6) is -15.5. The predicted octanol–water partition coefficient (Wildman–Crippen LogP) is 2.42. The Hall–Kier alpha value is -9.88. The summed E-state index contributed by atoms with van der Waals surface area (Å²) < 4.78 is 54.7. The average molecular weight is 1780 g/mol. The molecular formula is C85H97Cl2N11O25S. The van der Waals surface area contributed by atoms with Gasteiger partial charge in [0.2, 0.25) is 65.1 Å². The number of aromatic hydroxyl groups is 1. The van der Waals surface area contributed by atoms with E-state index in [0.717, 1.165) is 74.1 Å². The molecule has 15 bridgehead atoms. The number of phenolic OH excluding ortho intramolecular Hbond substituents is 1. The number of amides is 10. The average Bonchev–Trinajstić information content (AvgIpc) is 1.54. The van der Waals surface area contributed by atoms with E-state index in [2.05, 4.69) is 47.3 Å². The number of imide groups is 1. The lowest BCUT2D eigenvalue weighted by Crippen LogP contribution is -2.64. The van der Waals surface area contributed by atoms with Crippen LogP contribution in [-0.4, -0.2) is 202 Å². The first-order chi connectivity index (χ1) is 58.8. The number of urea groups is 1. The number of phenols is 1. The van der Waals surface area contributed by atoms with Gasteiger partial charge in [0, 0.05) is 29.1 Å². The summed E-state index contributed by atoms with van der Waals surface area (Å²) in [5, 5.41) is 130. The first-order valence-corrected chi connectivity index (χ1v) is 42.7. The van der Waals surface area contributed by atoms with Crippen molar-refractivity contribution >= 4 is 87.9 Å². The second-order valence-corrected chi connectivity index (χ2v) is 36.2. The summed E-state index contributed by atoms with van der Waals surface area (Å²) in [6, 6.07) is 4.86. The Morgan fingerprint density at radius 1 is 0.694 bits per heavy atom. The Balaban J connectivity index is 0.922. The number of ether oxygens (including phenoxy) is 6. The molecule has 7 heterocycles. The summed E-state index contributed by atoms with van der Waals surface area (Å²) in [4.78, 5) is 139. The van der Waals surface area contributed by atoms with E-state index in [4.69, 9.17) is 57.4 Å². The van der Waals surface area contributed by atoms with Gasteiger partial charge in [-0.05, 0) is 202 Å². The third-order valence-electron chi connectivity index (χ3n) is 24.8. The maximum absolute atomic E-state index is 16.7. The van der Waals surface area contributed by atoms with Gasteiger partial charge in [-0.25, -0.2) is 4.79 Å². The molecule has 19 atom stereocenters. The van der Waals surface area contributed by atoms with Crippen molar-refractivity contribution in [2.24, 2.45) is 35.3 Å². The van der Waals surface area contributed by atoms with Crippen LogP contribution in [0, 0.1) is 36.5 Å². The van der Waals surface area contributed by atoms with Crippen molar-refractivity contribution in [1.82, 2.24) is 52.6 Å². The van der Waals surface area contributed by atoms with Crippen molar-refractivity contribution in [2.75, 3.05) is 13.7 Å². The van der Waals surface area contributed by atoms with Crippen LogP contribution in [-0.2, 0) is 69.7 Å². The van der Waals surface area contributed by atoms with Crippen LogP contribution in [0.25, 0.3) is 11.1 Å². The van der Waals surface area contributed by atoms with Gasteiger partial charge in [0.25, 0.3) is 0 Å². The fourth-order valence-corrected chi connectivity index (χ4v) is 19.8. The highest BCUT2D eigenvalue weighted by Gasteiger charge is 2.54. The molecule has 0 aromatic heterocycles. The number of likely N-dealkylation sites (N-methyl/N-ethyl adjacent to an activating group) is 1. The first-order valence-electron chi connectivity index (χ1n) is 40.7. The molecule has 6 aromatic carbocycles. The van der Waals surface area contributed by atoms with Crippen LogP contribution in [0.2, 0.25) is 10.0 Å². The molecule has 5 aliphatic carbocycles. The van der Waals surface area contributed by atoms with Gasteiger partial charge in [-0.2, -0.15) is 0 Å². The third-order valence-corrected chi connectivity index (χ3v) is 26.4. The standard InChI is InChI=1S/C85H97Cl2N11O25S/c1-33(2)17-52(89-6)75(107)96-66-68(102)39-10-15-54(50(86)24-39)119-56-26-43-27-57(72(56)123-82-73(71(105)70(104)58(32-99)121-82)122-60-31-84(5,88)74(106)35(4)118-60)120-55-16-11-40(25-51(55)87)69(103)67-81(113)95-65(79(111)92-62-41-19-36-18-37(21-41)22-42(62)20-36)47-28-44(100)29-49-61(47)46-23-38(9-14-48(46)85(49,115)116)63(77(109)97-67)94-78(110)64(43)93-76(108)53(90-80(66)112)30-59(101)91-83(114)98-124(117)45-12-7-34(3)8-13-45/h7-16,23-29,33,35-37,41-42,52-53,58,60,62-71,73-74,82,89,99-100,102-106,115-116H,17-22,30-32,88H2,1-6H3,(H,90,112)(H,92,111)(H,93,108)(H,94,110)(H,95,113)(H,96,107)(H,97,109)(H2,91,98,101,114)/t35-,36?,37?,41?,42?,52+,53-,58+,60-,62?,63+,64+,65-,66+,67-,68+,69+,70+,71-,73+,74+,82-,84-,124?/m0/s1. The highest BCUT2D eigenvalue weighted by molar-refractivity contribution is 7.90. The Bertz CT molecular complexity index is 5180. The van der Waals surface area contributed by atoms with Crippen LogP contribution < -0.4 is 72.5 Å². The number of carbonyl (C=O) groups excluding carboxylic acids is 9. The highest BCUT2D eigenvalue weighted by Crippen LogP contribution is 2.56. The largest absolute Gasteiger partial charge is 0.588 e. The summed E-state index contributed by atoms with van der Waals surface area (Å²) in [6.07, 6.45) is -14.7. The minimum Gasteiger partial charge on any atom is -0.588 e. The zero-order chi connectivity index (χ0) is 88.7. The first kappa shape index (κ1) is 89.0. The summed E-state index contributed by atoms with van der Waals surface area (Å²) in [7, 11) is 1.46. The Kier molecular flexibility index (Phi) is 25.5. The van der Waals surface area contributed by atoms with Gasteiger partial charge in [0.1, 0.15) is 95.4 Å². The Morgan fingerprint density at radius 3 is 1.92 bits per heavy atom. The molecule has 4 saturated carbocycles. The van der Waals surface area contributed by atoms with E-state index in [-0.39, 0.29) is 86.2 Å². The number of halogens is 2. The number of benzene rings is 6. The highest BCUT2D eigenvalue weighted by atomic mass is 35.5. The van der Waals surface area contributed by atoms with Gasteiger partial charge >= 0.3 is 6.03 Å². The van der Waals surface area contributed by atoms with E-state index < -0.39 is 243 Å². The molecule has 36 nitrogen and oxygen atoms in total. The number of nitrogens with two attached hydrogens (primary N) is 1. The molecule has 12 aliphatic rings. The van der Waals surface area contributed by atoms with Crippen LogP contribution in [0.4, 0.5) is 4.79 Å². The van der Waals surface area contributed by atoms with Gasteiger partial charge in [-0.3, -0.25) is 43.7 Å². The van der Waals surface area contributed by atoms with Crippen molar-refractivity contribution in [2.45, 2.75) is 212 Å².